The summed E-state index contributed by atoms with van der Waals surface area (Å²) in [4.78, 5) is 14.9. The van der Waals surface area contributed by atoms with Gasteiger partial charge in [0.1, 0.15) is 0 Å². The molecule has 1 aliphatic heterocycles. The van der Waals surface area contributed by atoms with Crippen LogP contribution < -0.4 is 0 Å². The van der Waals surface area contributed by atoms with E-state index in [-0.39, 0.29) is 5.78 Å². The molecule has 1 saturated heterocycles. The van der Waals surface area contributed by atoms with E-state index in [0.717, 1.165) is 6.54 Å². The van der Waals surface area contributed by atoms with E-state index in [2.05, 4.69) is 9.77 Å². The van der Waals surface area contributed by atoms with Gasteiger partial charge >= 0.3 is 27.9 Å². The van der Waals surface area contributed by atoms with Crippen molar-refractivity contribution in [2.24, 2.45) is 0 Å². The van der Waals surface area contributed by atoms with E-state index in [0.29, 0.717) is 0 Å². The summed E-state index contributed by atoms with van der Waals surface area (Å²) in [5, 5.41) is 0. The molecule has 1 heterocycles. The van der Waals surface area contributed by atoms with Crippen LogP contribution in [0.5, 0.6) is 0 Å². The molecule has 0 bridgehead atoms. The summed E-state index contributed by atoms with van der Waals surface area (Å²) < 4.78 is 0. The summed E-state index contributed by atoms with van der Waals surface area (Å²) in [6.45, 7) is 4.92. The van der Waals surface area contributed by atoms with E-state index in [4.69, 9.17) is 0 Å². The number of hydrogen-bond donors (Lipinski definition) is 0. The molecule has 0 aromatic heterocycles. The Hall–Kier alpha value is 0.188. The van der Waals surface area contributed by atoms with Crippen molar-refractivity contribution in [3.05, 3.63) is 12.2 Å². The quantitative estimate of drug-likeness (QED) is 0.579. The van der Waals surface area contributed by atoms with Crippen LogP contribution in [0.4, 0.5) is 0 Å². The van der Waals surface area contributed by atoms with Gasteiger partial charge in [0.15, 0.2) is 5.78 Å². The van der Waals surface area contributed by atoms with Gasteiger partial charge in [-0.25, -0.2) is 0 Å². The molecule has 0 aromatic rings. The summed E-state index contributed by atoms with van der Waals surface area (Å²) in [5.74, 6) is 0.143. The number of ketones is 1. The Kier molecular flexibility index (Phi) is 8.90. The van der Waals surface area contributed by atoms with Gasteiger partial charge in [-0.3, -0.25) is 9.69 Å². The Labute approximate surface area is 94.9 Å². The van der Waals surface area contributed by atoms with Crippen LogP contribution in [0, 0.1) is 0 Å². The second-order valence-electron chi connectivity index (χ2n) is 3.02. The predicted octanol–water partition coefficient (Wildman–Crippen LogP) is 1.43. The topological polar surface area (TPSA) is 20.3 Å². The van der Waals surface area contributed by atoms with E-state index in [1.807, 2.05) is 6.08 Å². The molecule has 1 aliphatic rings. The zero-order valence-corrected chi connectivity index (χ0v) is 11.0. The van der Waals surface area contributed by atoms with E-state index in [1.165, 1.54) is 25.9 Å². The first-order chi connectivity index (χ1) is 6.29. The van der Waals surface area contributed by atoms with Gasteiger partial charge < -0.3 is 0 Å². The normalized spacial score (nSPS) is 17.2. The molecular weight excluding hydrogens is 272 g/mol. The summed E-state index contributed by atoms with van der Waals surface area (Å²) in [6.07, 6.45) is 6.23. The number of likely N-dealkylation sites (tertiary alicyclic amines) is 1. The van der Waals surface area contributed by atoms with Crippen molar-refractivity contribution in [3.63, 3.8) is 0 Å². The fourth-order valence-electron chi connectivity index (χ4n) is 1.33. The van der Waals surface area contributed by atoms with Crippen molar-refractivity contribution in [2.45, 2.75) is 24.6 Å². The van der Waals surface area contributed by atoms with Crippen LogP contribution >= 0.6 is 0 Å². The van der Waals surface area contributed by atoms with E-state index >= 15 is 0 Å². The minimum atomic E-state index is 0.143. The van der Waals surface area contributed by atoms with Crippen LogP contribution in [-0.2, 0) is 4.79 Å². The molecule has 0 aliphatic carbocycles. The molecule has 2 radical (unpaired) electrons. The predicted molar refractivity (Wildman–Crippen MR) is 57.1 cm³/mol. The maximum absolute atomic E-state index is 10.5. The van der Waals surface area contributed by atoms with Gasteiger partial charge in [-0.15, -0.1) is 0 Å². The van der Waals surface area contributed by atoms with Gasteiger partial charge in [0.2, 0.25) is 0 Å². The fraction of sp³-hybridized carbons (Fsp3) is 0.700. The Bertz CT molecular complexity index is 162. The molecule has 0 unspecified atom stereocenters. The third-order valence-electron chi connectivity index (χ3n) is 1.91. The Morgan fingerprint density at radius 3 is 2.38 bits per heavy atom. The van der Waals surface area contributed by atoms with Crippen LogP contribution in [0.3, 0.4) is 0 Å². The third kappa shape index (κ3) is 7.27. The Morgan fingerprint density at radius 1 is 1.38 bits per heavy atom. The molecule has 0 saturated carbocycles. The van der Waals surface area contributed by atoms with Gasteiger partial charge in [0, 0.05) is 6.54 Å². The van der Waals surface area contributed by atoms with Crippen molar-refractivity contribution in [1.82, 2.24) is 4.90 Å². The summed E-state index contributed by atoms with van der Waals surface area (Å²) in [7, 11) is 0. The molecule has 74 valence electrons. The SMILES string of the molecule is CC(=O)/C=C/CN1CCCC1.[CH3][Sb]. The molecule has 1 rings (SSSR count). The zero-order valence-electron chi connectivity index (χ0n) is 8.49. The van der Waals surface area contributed by atoms with Gasteiger partial charge in [0.25, 0.3) is 0 Å². The third-order valence-corrected chi connectivity index (χ3v) is 1.91. The van der Waals surface area contributed by atoms with Crippen molar-refractivity contribution < 1.29 is 4.79 Å². The Morgan fingerprint density at radius 2 is 1.92 bits per heavy atom. The van der Waals surface area contributed by atoms with Crippen LogP contribution in [0.15, 0.2) is 12.2 Å². The van der Waals surface area contributed by atoms with Crippen LogP contribution in [0.2, 0.25) is 4.87 Å². The van der Waals surface area contributed by atoms with Crippen LogP contribution in [-0.4, -0.2) is 53.3 Å². The molecule has 0 amide bonds. The summed E-state index contributed by atoms with van der Waals surface area (Å²) in [6, 6.07) is 0. The van der Waals surface area contributed by atoms with Gasteiger partial charge in [-0.1, -0.05) is 6.08 Å². The average molecular weight is 290 g/mol. The molecule has 0 spiro atoms. The molecule has 1 fully saturated rings. The molecule has 2 nitrogen and oxygen atoms in total. The van der Waals surface area contributed by atoms with Crippen molar-refractivity contribution in [1.29, 1.82) is 0 Å². The molecule has 0 aromatic carbocycles. The number of nitrogens with zero attached hydrogens (tertiary/aromatic N) is 1. The average Bonchev–Trinajstić information content (AvgIpc) is 2.60. The standard InChI is InChI=1S/C9H15NO.CH3.Sb/c1-9(11)5-4-8-10-6-2-3-7-10;;/h4-5H,2-3,6-8H2,1H3;1H3;/b5-4+;;. The molecular formula is C10H18NOSb. The van der Waals surface area contributed by atoms with E-state index in [9.17, 15) is 4.79 Å². The molecule has 3 heteroatoms. The molecule has 0 N–H and O–H groups in total. The number of hydrogen-bond acceptors (Lipinski definition) is 2. The van der Waals surface area contributed by atoms with Crippen LogP contribution in [0.1, 0.15) is 19.8 Å². The van der Waals surface area contributed by atoms with E-state index in [1.54, 1.807) is 36.0 Å². The minimum absolute atomic E-state index is 0.143. The first-order valence-corrected chi connectivity index (χ1v) is 7.18. The second-order valence-corrected chi connectivity index (χ2v) is 3.02. The van der Waals surface area contributed by atoms with E-state index < -0.39 is 0 Å². The van der Waals surface area contributed by atoms with Gasteiger partial charge in [-0.05, 0) is 38.9 Å². The molecule has 0 atom stereocenters. The number of carbonyl (C=O) groups is 1. The summed E-state index contributed by atoms with van der Waals surface area (Å²) in [5.41, 5.74) is 0. The van der Waals surface area contributed by atoms with Crippen molar-refractivity contribution >= 4 is 28.8 Å². The Balaban J connectivity index is 0.000000671. The first kappa shape index (κ1) is 13.2. The number of allylic oxidation sites excluding steroid dienone is 1. The van der Waals surface area contributed by atoms with Crippen molar-refractivity contribution in [2.75, 3.05) is 19.6 Å². The first-order valence-electron chi connectivity index (χ1n) is 4.63. The number of rotatable bonds is 3. The van der Waals surface area contributed by atoms with Crippen LogP contribution in [0.25, 0.3) is 0 Å². The fourth-order valence-corrected chi connectivity index (χ4v) is 1.33. The zero-order chi connectivity index (χ0) is 10.1. The van der Waals surface area contributed by atoms with Gasteiger partial charge in [-0.2, -0.15) is 0 Å². The summed E-state index contributed by atoms with van der Waals surface area (Å²) >= 11 is 1.75. The second kappa shape index (κ2) is 8.77. The number of carbonyl (C=O) groups excluding carboxylic acids is 1. The van der Waals surface area contributed by atoms with Crippen molar-refractivity contribution in [3.8, 4) is 0 Å². The molecule has 13 heavy (non-hydrogen) atoms. The monoisotopic (exact) mass is 289 g/mol. The maximum atomic E-state index is 10.5. The van der Waals surface area contributed by atoms with Gasteiger partial charge in [0.05, 0.1) is 0 Å².